The van der Waals surface area contributed by atoms with E-state index in [0.717, 1.165) is 32.1 Å². The molecule has 0 bridgehead atoms. The first-order chi connectivity index (χ1) is 6.07. The average molecular weight is 186 g/mol. The summed E-state index contributed by atoms with van der Waals surface area (Å²) in [6.07, 6.45) is 4.78. The number of hydrogen-bond acceptors (Lipinski definition) is 3. The zero-order chi connectivity index (χ0) is 9.90. The van der Waals surface area contributed by atoms with Crippen LogP contribution >= 0.6 is 0 Å². The van der Waals surface area contributed by atoms with Crippen LogP contribution in [0.25, 0.3) is 0 Å². The maximum atomic E-state index is 10.1. The number of nitrogens with two attached hydrogens (primary N) is 1. The largest absolute Gasteiger partial charge is 0.390 e. The molecule has 0 unspecified atom stereocenters. The molecule has 0 radical (unpaired) electrons. The molecular weight excluding hydrogens is 164 g/mol. The van der Waals surface area contributed by atoms with Gasteiger partial charge in [0.05, 0.1) is 5.60 Å². The molecule has 0 spiro atoms. The first-order valence-corrected chi connectivity index (χ1v) is 5.16. The van der Waals surface area contributed by atoms with Crippen molar-refractivity contribution < 1.29 is 5.11 Å². The Labute approximate surface area is 80.9 Å². The predicted octanol–water partition coefficient (Wildman–Crippen LogP) is 0.570. The normalized spacial score (nSPS) is 35.3. The first kappa shape index (κ1) is 11.0. The van der Waals surface area contributed by atoms with Gasteiger partial charge in [-0.1, -0.05) is 0 Å². The summed E-state index contributed by atoms with van der Waals surface area (Å²) in [7, 11) is 4.22. The maximum Gasteiger partial charge on any atom is 0.0661 e. The van der Waals surface area contributed by atoms with Gasteiger partial charge in [-0.3, -0.25) is 0 Å². The summed E-state index contributed by atoms with van der Waals surface area (Å²) >= 11 is 0. The van der Waals surface area contributed by atoms with Gasteiger partial charge in [-0.25, -0.2) is 0 Å². The van der Waals surface area contributed by atoms with E-state index in [1.807, 2.05) is 0 Å². The van der Waals surface area contributed by atoms with Crippen LogP contribution in [-0.4, -0.2) is 42.3 Å². The topological polar surface area (TPSA) is 49.5 Å². The van der Waals surface area contributed by atoms with E-state index < -0.39 is 5.60 Å². The van der Waals surface area contributed by atoms with Crippen LogP contribution in [0.1, 0.15) is 32.1 Å². The minimum Gasteiger partial charge on any atom is -0.390 e. The lowest BCUT2D eigenvalue weighted by Crippen LogP contribution is -2.41. The molecule has 13 heavy (non-hydrogen) atoms. The Kier molecular flexibility index (Phi) is 3.71. The first-order valence-electron chi connectivity index (χ1n) is 5.16. The second-order valence-electron chi connectivity index (χ2n) is 4.46. The highest BCUT2D eigenvalue weighted by Crippen LogP contribution is 2.32. The van der Waals surface area contributed by atoms with Gasteiger partial charge in [0.15, 0.2) is 0 Å². The van der Waals surface area contributed by atoms with Crippen LogP contribution < -0.4 is 5.73 Å². The lowest BCUT2D eigenvalue weighted by atomic mass is 9.80. The third-order valence-electron chi connectivity index (χ3n) is 3.23. The summed E-state index contributed by atoms with van der Waals surface area (Å²) < 4.78 is 0. The Morgan fingerprint density at radius 2 is 1.92 bits per heavy atom. The molecule has 3 heteroatoms. The van der Waals surface area contributed by atoms with Crippen molar-refractivity contribution in [2.75, 3.05) is 20.6 Å². The van der Waals surface area contributed by atoms with Crippen molar-refractivity contribution in [2.45, 2.75) is 43.7 Å². The molecule has 0 atom stereocenters. The van der Waals surface area contributed by atoms with E-state index in [0.29, 0.717) is 12.6 Å². The smallest absolute Gasteiger partial charge is 0.0661 e. The van der Waals surface area contributed by atoms with Crippen molar-refractivity contribution in [1.82, 2.24) is 4.90 Å². The molecule has 0 amide bonds. The van der Waals surface area contributed by atoms with Gasteiger partial charge in [0.1, 0.15) is 0 Å². The zero-order valence-corrected chi connectivity index (χ0v) is 8.79. The summed E-state index contributed by atoms with van der Waals surface area (Å²) in [6.45, 7) is 0.600. The highest BCUT2D eigenvalue weighted by Gasteiger charge is 2.32. The molecule has 1 aliphatic carbocycles. The molecule has 1 fully saturated rings. The Hall–Kier alpha value is -0.120. The van der Waals surface area contributed by atoms with Crippen LogP contribution in [0.3, 0.4) is 0 Å². The van der Waals surface area contributed by atoms with E-state index in [1.165, 1.54) is 0 Å². The van der Waals surface area contributed by atoms with Crippen LogP contribution in [0.5, 0.6) is 0 Å². The minimum atomic E-state index is -0.457. The van der Waals surface area contributed by atoms with Gasteiger partial charge < -0.3 is 15.7 Å². The van der Waals surface area contributed by atoms with E-state index in [1.54, 1.807) is 0 Å². The summed E-state index contributed by atoms with van der Waals surface area (Å²) in [6, 6.07) is 0.651. The number of rotatable bonds is 3. The number of hydrogen-bond donors (Lipinski definition) is 2. The zero-order valence-electron chi connectivity index (χ0n) is 8.79. The van der Waals surface area contributed by atoms with Crippen LogP contribution in [0, 0.1) is 0 Å². The third kappa shape index (κ3) is 2.93. The van der Waals surface area contributed by atoms with E-state index >= 15 is 0 Å². The van der Waals surface area contributed by atoms with Gasteiger partial charge in [-0.2, -0.15) is 0 Å². The lowest BCUT2D eigenvalue weighted by Gasteiger charge is -2.38. The van der Waals surface area contributed by atoms with Crippen LogP contribution in [-0.2, 0) is 0 Å². The molecule has 1 aliphatic rings. The van der Waals surface area contributed by atoms with Crippen LogP contribution in [0.2, 0.25) is 0 Å². The van der Waals surface area contributed by atoms with Gasteiger partial charge in [-0.05, 0) is 52.7 Å². The van der Waals surface area contributed by atoms with Crippen molar-refractivity contribution in [3.05, 3.63) is 0 Å². The molecule has 78 valence electrons. The summed E-state index contributed by atoms with van der Waals surface area (Å²) in [5, 5.41) is 10.1. The number of nitrogens with zero attached hydrogens (tertiary/aromatic N) is 1. The van der Waals surface area contributed by atoms with Gasteiger partial charge in [0.2, 0.25) is 0 Å². The second kappa shape index (κ2) is 4.40. The fraction of sp³-hybridized carbons (Fsp3) is 1.00. The second-order valence-corrected chi connectivity index (χ2v) is 4.46. The molecule has 0 aromatic carbocycles. The highest BCUT2D eigenvalue weighted by atomic mass is 16.3. The number of aliphatic hydroxyl groups is 1. The molecule has 0 aliphatic heterocycles. The molecule has 0 aromatic heterocycles. The van der Waals surface area contributed by atoms with E-state index in [2.05, 4.69) is 19.0 Å². The molecule has 1 saturated carbocycles. The fourth-order valence-corrected chi connectivity index (χ4v) is 2.17. The summed E-state index contributed by atoms with van der Waals surface area (Å²) in [4.78, 5) is 2.25. The highest BCUT2D eigenvalue weighted by molar-refractivity contribution is 4.88. The van der Waals surface area contributed by atoms with E-state index in [9.17, 15) is 5.11 Å². The van der Waals surface area contributed by atoms with Crippen LogP contribution in [0.15, 0.2) is 0 Å². The quantitative estimate of drug-likeness (QED) is 0.677. The van der Waals surface area contributed by atoms with Crippen LogP contribution in [0.4, 0.5) is 0 Å². The van der Waals surface area contributed by atoms with Gasteiger partial charge in [0, 0.05) is 6.04 Å². The minimum absolute atomic E-state index is 0.457. The van der Waals surface area contributed by atoms with E-state index in [-0.39, 0.29) is 0 Å². The predicted molar refractivity (Wildman–Crippen MR) is 54.6 cm³/mol. The molecule has 3 nitrogen and oxygen atoms in total. The fourth-order valence-electron chi connectivity index (χ4n) is 2.17. The molecule has 3 N–H and O–H groups in total. The van der Waals surface area contributed by atoms with Crippen molar-refractivity contribution in [2.24, 2.45) is 5.73 Å². The van der Waals surface area contributed by atoms with Gasteiger partial charge in [-0.15, -0.1) is 0 Å². The monoisotopic (exact) mass is 186 g/mol. The molecule has 0 saturated heterocycles. The van der Waals surface area contributed by atoms with Gasteiger partial charge >= 0.3 is 0 Å². The molecule has 1 rings (SSSR count). The van der Waals surface area contributed by atoms with Crippen molar-refractivity contribution in [3.8, 4) is 0 Å². The molecular formula is C10H22N2O. The lowest BCUT2D eigenvalue weighted by molar-refractivity contribution is -0.0190. The van der Waals surface area contributed by atoms with Crippen molar-refractivity contribution in [1.29, 1.82) is 0 Å². The Morgan fingerprint density at radius 1 is 1.38 bits per heavy atom. The standard InChI is InChI=1S/C10H22N2O/c1-12(2)9-3-5-10(13,6-4-9)7-8-11/h9,13H,3-8,11H2,1-2H3. The summed E-state index contributed by atoms with van der Waals surface area (Å²) in [5.74, 6) is 0. The van der Waals surface area contributed by atoms with Gasteiger partial charge in [0.25, 0.3) is 0 Å². The SMILES string of the molecule is CN(C)C1CCC(O)(CCN)CC1. The molecule has 0 aromatic rings. The molecule has 0 heterocycles. The summed E-state index contributed by atoms with van der Waals surface area (Å²) in [5.41, 5.74) is 5.01. The Morgan fingerprint density at radius 3 is 2.31 bits per heavy atom. The van der Waals surface area contributed by atoms with Crippen molar-refractivity contribution in [3.63, 3.8) is 0 Å². The Balaban J connectivity index is 2.37. The Bertz CT molecular complexity index is 151. The maximum absolute atomic E-state index is 10.1. The third-order valence-corrected chi connectivity index (χ3v) is 3.23. The average Bonchev–Trinajstić information content (AvgIpc) is 2.05. The van der Waals surface area contributed by atoms with Crippen molar-refractivity contribution >= 4 is 0 Å². The van der Waals surface area contributed by atoms with E-state index in [4.69, 9.17) is 5.73 Å².